The van der Waals surface area contributed by atoms with Crippen LogP contribution in [-0.4, -0.2) is 14.4 Å². The van der Waals surface area contributed by atoms with Crippen LogP contribution in [0.15, 0.2) is 59.4 Å². The fourth-order valence-corrected chi connectivity index (χ4v) is 2.47. The molecule has 0 bridgehead atoms. The average molecular weight is 325 g/mol. The van der Waals surface area contributed by atoms with E-state index in [0.717, 1.165) is 0 Å². The molecule has 1 aromatic heterocycles. The summed E-state index contributed by atoms with van der Waals surface area (Å²) in [5.41, 5.74) is 0.942. The molecule has 8 nitrogen and oxygen atoms in total. The first-order valence-corrected chi connectivity index (χ1v) is 6.97. The summed E-state index contributed by atoms with van der Waals surface area (Å²) in [5.74, 6) is 0. The number of benzene rings is 2. The lowest BCUT2D eigenvalue weighted by Crippen LogP contribution is -2.19. The van der Waals surface area contributed by atoms with E-state index >= 15 is 0 Å². The molecule has 3 rings (SSSR count). The third-order valence-corrected chi connectivity index (χ3v) is 3.67. The van der Waals surface area contributed by atoms with Crippen molar-refractivity contribution in [2.45, 2.75) is 6.54 Å². The smallest absolute Gasteiger partial charge is 0.270 e. The van der Waals surface area contributed by atoms with Crippen molar-refractivity contribution >= 4 is 22.3 Å². The predicted molar refractivity (Wildman–Crippen MR) is 87.1 cm³/mol. The van der Waals surface area contributed by atoms with E-state index in [9.17, 15) is 25.0 Å². The van der Waals surface area contributed by atoms with Gasteiger partial charge in [0.15, 0.2) is 0 Å². The number of hydrogen-bond acceptors (Lipinski definition) is 5. The molecule has 0 aliphatic rings. The topological polar surface area (TPSA) is 108 Å². The fourth-order valence-electron chi connectivity index (χ4n) is 2.47. The van der Waals surface area contributed by atoms with Crippen LogP contribution in [0, 0.1) is 20.2 Å². The van der Waals surface area contributed by atoms with Crippen molar-refractivity contribution in [1.82, 2.24) is 4.57 Å². The van der Waals surface area contributed by atoms with Gasteiger partial charge in [0.05, 0.1) is 21.9 Å². The zero-order chi connectivity index (χ0) is 17.3. The van der Waals surface area contributed by atoms with Crippen molar-refractivity contribution in [2.75, 3.05) is 0 Å². The van der Waals surface area contributed by atoms with E-state index in [4.69, 9.17) is 0 Å². The normalized spacial score (nSPS) is 10.7. The third-order valence-electron chi connectivity index (χ3n) is 3.67. The Morgan fingerprint density at radius 3 is 2.08 bits per heavy atom. The molecule has 0 aliphatic heterocycles. The minimum absolute atomic E-state index is 0.0281. The monoisotopic (exact) mass is 325 g/mol. The molecule has 0 spiro atoms. The van der Waals surface area contributed by atoms with Crippen LogP contribution in [0.3, 0.4) is 0 Å². The van der Waals surface area contributed by atoms with Crippen molar-refractivity contribution in [3.63, 3.8) is 0 Å². The van der Waals surface area contributed by atoms with Gasteiger partial charge in [0.1, 0.15) is 0 Å². The SMILES string of the molecule is O=c1ccc2cc([N+](=O)[O-])ccc2n1Cc1ccc([N+](=O)[O-])cc1. The summed E-state index contributed by atoms with van der Waals surface area (Å²) in [6.07, 6.45) is 0. The van der Waals surface area contributed by atoms with Gasteiger partial charge in [-0.3, -0.25) is 25.0 Å². The first-order valence-electron chi connectivity index (χ1n) is 6.97. The minimum Gasteiger partial charge on any atom is -0.304 e. The lowest BCUT2D eigenvalue weighted by Gasteiger charge is -2.10. The predicted octanol–water partition coefficient (Wildman–Crippen LogP) is 2.87. The maximum atomic E-state index is 12.2. The van der Waals surface area contributed by atoms with Gasteiger partial charge in [-0.1, -0.05) is 12.1 Å². The van der Waals surface area contributed by atoms with Crippen LogP contribution < -0.4 is 5.56 Å². The van der Waals surface area contributed by atoms with Crippen molar-refractivity contribution < 1.29 is 9.85 Å². The molecule has 8 heteroatoms. The van der Waals surface area contributed by atoms with E-state index in [1.54, 1.807) is 12.1 Å². The number of nitro groups is 2. The number of nitrogens with zero attached hydrogens (tertiary/aromatic N) is 3. The zero-order valence-corrected chi connectivity index (χ0v) is 12.3. The first kappa shape index (κ1) is 15.3. The van der Waals surface area contributed by atoms with Gasteiger partial charge in [-0.2, -0.15) is 0 Å². The molecule has 0 unspecified atom stereocenters. The van der Waals surface area contributed by atoms with Gasteiger partial charge in [-0.05, 0) is 17.7 Å². The van der Waals surface area contributed by atoms with E-state index in [-0.39, 0.29) is 23.5 Å². The van der Waals surface area contributed by atoms with Gasteiger partial charge in [-0.15, -0.1) is 0 Å². The molecule has 2 aromatic carbocycles. The molecule has 3 aromatic rings. The summed E-state index contributed by atoms with van der Waals surface area (Å²) in [6, 6.07) is 13.1. The highest BCUT2D eigenvalue weighted by Gasteiger charge is 2.10. The van der Waals surface area contributed by atoms with Gasteiger partial charge in [0.25, 0.3) is 16.9 Å². The number of aromatic nitrogens is 1. The number of fused-ring (bicyclic) bond motifs is 1. The molecule has 0 radical (unpaired) electrons. The Labute approximate surface area is 134 Å². The van der Waals surface area contributed by atoms with Gasteiger partial charge in [-0.25, -0.2) is 0 Å². The molecule has 0 fully saturated rings. The summed E-state index contributed by atoms with van der Waals surface area (Å²) in [7, 11) is 0. The lowest BCUT2D eigenvalue weighted by molar-refractivity contribution is -0.385. The molecule has 0 N–H and O–H groups in total. The van der Waals surface area contributed by atoms with Gasteiger partial charge in [0.2, 0.25) is 0 Å². The molecule has 0 saturated carbocycles. The van der Waals surface area contributed by atoms with Crippen LogP contribution in [0.25, 0.3) is 10.9 Å². The van der Waals surface area contributed by atoms with E-state index in [0.29, 0.717) is 16.5 Å². The quantitative estimate of drug-likeness (QED) is 0.541. The van der Waals surface area contributed by atoms with Crippen LogP contribution in [0.2, 0.25) is 0 Å². The van der Waals surface area contributed by atoms with Gasteiger partial charge < -0.3 is 4.57 Å². The van der Waals surface area contributed by atoms with Crippen LogP contribution in [0.5, 0.6) is 0 Å². The van der Waals surface area contributed by atoms with Crippen LogP contribution >= 0.6 is 0 Å². The Hall–Kier alpha value is -3.55. The number of non-ortho nitro benzene ring substituents is 2. The maximum Gasteiger partial charge on any atom is 0.270 e. The zero-order valence-electron chi connectivity index (χ0n) is 12.3. The Kier molecular flexibility index (Phi) is 3.78. The molecular weight excluding hydrogens is 314 g/mol. The summed E-state index contributed by atoms with van der Waals surface area (Å²) in [5, 5.41) is 22.1. The molecule has 0 aliphatic carbocycles. The molecule has 0 atom stereocenters. The van der Waals surface area contributed by atoms with E-state index in [2.05, 4.69) is 0 Å². The highest BCUT2D eigenvalue weighted by Crippen LogP contribution is 2.20. The number of rotatable bonds is 4. The Bertz CT molecular complexity index is 1010. The summed E-state index contributed by atoms with van der Waals surface area (Å²) in [6.45, 7) is 0.214. The van der Waals surface area contributed by atoms with Crippen molar-refractivity contribution in [2.24, 2.45) is 0 Å². The second-order valence-electron chi connectivity index (χ2n) is 5.18. The highest BCUT2D eigenvalue weighted by atomic mass is 16.6. The number of hydrogen-bond donors (Lipinski definition) is 0. The third kappa shape index (κ3) is 2.84. The van der Waals surface area contributed by atoms with Crippen LogP contribution in [0.4, 0.5) is 11.4 Å². The van der Waals surface area contributed by atoms with Crippen molar-refractivity contribution in [3.8, 4) is 0 Å². The highest BCUT2D eigenvalue weighted by molar-refractivity contribution is 5.81. The average Bonchev–Trinajstić information content (AvgIpc) is 2.57. The Balaban J connectivity index is 2.05. The molecule has 0 amide bonds. The summed E-state index contributed by atoms with van der Waals surface area (Å²) >= 11 is 0. The number of nitro benzene ring substituents is 2. The Morgan fingerprint density at radius 1 is 0.833 bits per heavy atom. The molecule has 24 heavy (non-hydrogen) atoms. The first-order chi connectivity index (χ1) is 11.5. The fraction of sp³-hybridized carbons (Fsp3) is 0.0625. The summed E-state index contributed by atoms with van der Waals surface area (Å²) < 4.78 is 1.47. The van der Waals surface area contributed by atoms with E-state index in [1.807, 2.05) is 0 Å². The van der Waals surface area contributed by atoms with Gasteiger partial charge in [0, 0.05) is 35.7 Å². The standard InChI is InChI=1S/C16H11N3O5/c20-16-8-3-12-9-14(19(23)24)6-7-15(12)17(16)10-11-1-4-13(5-2-11)18(21)22/h1-9H,10H2. The molecule has 0 saturated heterocycles. The Morgan fingerprint density at radius 2 is 1.46 bits per heavy atom. The maximum absolute atomic E-state index is 12.2. The lowest BCUT2D eigenvalue weighted by atomic mass is 10.1. The molecular formula is C16H11N3O5. The second-order valence-corrected chi connectivity index (χ2v) is 5.18. The summed E-state index contributed by atoms with van der Waals surface area (Å²) in [4.78, 5) is 32.7. The van der Waals surface area contributed by atoms with Crippen molar-refractivity contribution in [3.05, 3.63) is 90.7 Å². The van der Waals surface area contributed by atoms with Crippen LogP contribution in [-0.2, 0) is 6.54 Å². The van der Waals surface area contributed by atoms with Crippen LogP contribution in [0.1, 0.15) is 5.56 Å². The molecule has 1 heterocycles. The van der Waals surface area contributed by atoms with E-state index in [1.165, 1.54) is 47.0 Å². The molecule has 120 valence electrons. The number of pyridine rings is 1. The second kappa shape index (κ2) is 5.92. The van der Waals surface area contributed by atoms with Crippen molar-refractivity contribution in [1.29, 1.82) is 0 Å². The van der Waals surface area contributed by atoms with Gasteiger partial charge >= 0.3 is 0 Å². The van der Waals surface area contributed by atoms with E-state index < -0.39 is 9.85 Å². The largest absolute Gasteiger partial charge is 0.304 e. The minimum atomic E-state index is -0.495.